The highest BCUT2D eigenvalue weighted by Crippen LogP contribution is 2.22. The Morgan fingerprint density at radius 3 is 2.44 bits per heavy atom. The molecule has 90 valence electrons. The fourth-order valence-corrected chi connectivity index (χ4v) is 1.75. The van der Waals surface area contributed by atoms with E-state index in [1.165, 1.54) is 0 Å². The zero-order chi connectivity index (χ0) is 12.1. The van der Waals surface area contributed by atoms with Gasteiger partial charge in [0.2, 0.25) is 0 Å². The predicted octanol–water partition coefficient (Wildman–Crippen LogP) is 1.62. The summed E-state index contributed by atoms with van der Waals surface area (Å²) in [5.41, 5.74) is 3.62. The number of nitrogens with zero attached hydrogens (tertiary/aromatic N) is 3. The van der Waals surface area contributed by atoms with Crippen LogP contribution >= 0.6 is 0 Å². The number of nitrogens with two attached hydrogens (primary N) is 1. The summed E-state index contributed by atoms with van der Waals surface area (Å²) >= 11 is 0. The van der Waals surface area contributed by atoms with E-state index in [1.54, 1.807) is 0 Å². The molecule has 1 heterocycles. The second-order valence-electron chi connectivity index (χ2n) is 3.79. The first-order valence-electron chi connectivity index (χ1n) is 5.70. The quantitative estimate of drug-likeness (QED) is 0.586. The summed E-state index contributed by atoms with van der Waals surface area (Å²) in [4.78, 5) is 11.0. The van der Waals surface area contributed by atoms with Crippen molar-refractivity contribution in [2.45, 2.75) is 34.1 Å². The Bertz CT molecular complexity index is 350. The highest BCUT2D eigenvalue weighted by atomic mass is 15.3. The third-order valence-corrected chi connectivity index (χ3v) is 2.54. The molecule has 0 fully saturated rings. The van der Waals surface area contributed by atoms with Gasteiger partial charge in [0.25, 0.3) is 0 Å². The molecule has 0 saturated heterocycles. The zero-order valence-electron chi connectivity index (χ0n) is 10.5. The van der Waals surface area contributed by atoms with E-state index in [0.717, 1.165) is 36.7 Å². The maximum absolute atomic E-state index is 5.45. The van der Waals surface area contributed by atoms with E-state index in [1.807, 2.05) is 13.8 Å². The van der Waals surface area contributed by atoms with Gasteiger partial charge in [-0.3, -0.25) is 0 Å². The lowest BCUT2D eigenvalue weighted by Gasteiger charge is -2.24. The van der Waals surface area contributed by atoms with Crippen molar-refractivity contribution in [1.29, 1.82) is 0 Å². The lowest BCUT2D eigenvalue weighted by molar-refractivity contribution is 0.768. The first-order chi connectivity index (χ1) is 7.63. The summed E-state index contributed by atoms with van der Waals surface area (Å²) in [6.07, 6.45) is 1.10. The fraction of sp³-hybridized carbons (Fsp3) is 0.636. The molecule has 0 aliphatic carbocycles. The van der Waals surface area contributed by atoms with Crippen LogP contribution in [0.5, 0.6) is 0 Å². The molecule has 0 spiro atoms. The lowest BCUT2D eigenvalue weighted by atomic mass is 10.2. The van der Waals surface area contributed by atoms with Gasteiger partial charge in [-0.25, -0.2) is 15.8 Å². The molecule has 5 heteroatoms. The van der Waals surface area contributed by atoms with Crippen molar-refractivity contribution in [2.75, 3.05) is 23.4 Å². The molecular formula is C11H21N5. The molecule has 0 amide bonds. The number of hydrazine groups is 1. The molecule has 0 bridgehead atoms. The SMILES string of the molecule is CCCN(CC)c1nc(C)nc(NN)c1C. The third-order valence-electron chi connectivity index (χ3n) is 2.54. The van der Waals surface area contributed by atoms with Crippen molar-refractivity contribution in [3.05, 3.63) is 11.4 Å². The van der Waals surface area contributed by atoms with Crippen LogP contribution < -0.4 is 16.2 Å². The van der Waals surface area contributed by atoms with E-state index in [2.05, 4.69) is 34.1 Å². The molecule has 3 N–H and O–H groups in total. The molecule has 1 rings (SSSR count). The van der Waals surface area contributed by atoms with Gasteiger partial charge >= 0.3 is 0 Å². The van der Waals surface area contributed by atoms with Crippen molar-refractivity contribution in [2.24, 2.45) is 5.84 Å². The van der Waals surface area contributed by atoms with Gasteiger partial charge in [0.15, 0.2) is 0 Å². The number of anilines is 2. The van der Waals surface area contributed by atoms with Gasteiger partial charge in [-0.05, 0) is 27.2 Å². The largest absolute Gasteiger partial charge is 0.357 e. The van der Waals surface area contributed by atoms with Crippen LogP contribution in [0.4, 0.5) is 11.6 Å². The van der Waals surface area contributed by atoms with Crippen LogP contribution in [0.1, 0.15) is 31.7 Å². The summed E-state index contributed by atoms with van der Waals surface area (Å²) in [5.74, 6) is 7.87. The van der Waals surface area contributed by atoms with Crippen LogP contribution in [0, 0.1) is 13.8 Å². The predicted molar refractivity (Wildman–Crippen MR) is 67.5 cm³/mol. The first-order valence-corrected chi connectivity index (χ1v) is 5.70. The number of nitrogens with one attached hydrogen (secondary N) is 1. The van der Waals surface area contributed by atoms with Gasteiger partial charge in [0, 0.05) is 18.7 Å². The molecule has 1 aromatic heterocycles. The van der Waals surface area contributed by atoms with Gasteiger partial charge in [0.1, 0.15) is 17.5 Å². The van der Waals surface area contributed by atoms with Crippen molar-refractivity contribution in [3.63, 3.8) is 0 Å². The van der Waals surface area contributed by atoms with Gasteiger partial charge in [-0.2, -0.15) is 0 Å². The Kier molecular flexibility index (Phi) is 4.49. The minimum atomic E-state index is 0.706. The van der Waals surface area contributed by atoms with Crippen LogP contribution in [0.15, 0.2) is 0 Å². The molecule has 0 aromatic carbocycles. The van der Waals surface area contributed by atoms with Crippen molar-refractivity contribution < 1.29 is 0 Å². The van der Waals surface area contributed by atoms with E-state index >= 15 is 0 Å². The molecule has 0 radical (unpaired) electrons. The third kappa shape index (κ3) is 2.61. The first kappa shape index (κ1) is 12.7. The number of aryl methyl sites for hydroxylation is 1. The minimum absolute atomic E-state index is 0.706. The molecule has 0 atom stereocenters. The summed E-state index contributed by atoms with van der Waals surface area (Å²) in [6.45, 7) is 10.1. The molecule has 0 unspecified atom stereocenters. The molecule has 16 heavy (non-hydrogen) atoms. The number of aromatic nitrogens is 2. The lowest BCUT2D eigenvalue weighted by Crippen LogP contribution is -2.26. The van der Waals surface area contributed by atoms with Crippen molar-refractivity contribution >= 4 is 11.6 Å². The minimum Gasteiger partial charge on any atom is -0.357 e. The van der Waals surface area contributed by atoms with Crippen LogP contribution in [0.25, 0.3) is 0 Å². The number of nitrogen functional groups attached to an aromatic ring is 1. The molecule has 0 aliphatic rings. The highest BCUT2D eigenvalue weighted by molar-refractivity contribution is 5.58. The average molecular weight is 223 g/mol. The second kappa shape index (κ2) is 5.65. The Labute approximate surface area is 97.0 Å². The molecule has 1 aromatic rings. The van der Waals surface area contributed by atoms with Crippen LogP contribution in [0.2, 0.25) is 0 Å². The number of hydrogen-bond donors (Lipinski definition) is 2. The molecule has 0 aliphatic heterocycles. The second-order valence-corrected chi connectivity index (χ2v) is 3.79. The number of rotatable bonds is 5. The fourth-order valence-electron chi connectivity index (χ4n) is 1.75. The molecule has 0 saturated carbocycles. The highest BCUT2D eigenvalue weighted by Gasteiger charge is 2.13. The van der Waals surface area contributed by atoms with Crippen LogP contribution in [-0.2, 0) is 0 Å². The molecule has 5 nitrogen and oxygen atoms in total. The monoisotopic (exact) mass is 223 g/mol. The maximum Gasteiger partial charge on any atom is 0.148 e. The Balaban J connectivity index is 3.14. The van der Waals surface area contributed by atoms with Gasteiger partial charge < -0.3 is 10.3 Å². The van der Waals surface area contributed by atoms with Crippen LogP contribution in [-0.4, -0.2) is 23.1 Å². The van der Waals surface area contributed by atoms with E-state index in [9.17, 15) is 0 Å². The Morgan fingerprint density at radius 1 is 1.25 bits per heavy atom. The van der Waals surface area contributed by atoms with Crippen LogP contribution in [0.3, 0.4) is 0 Å². The normalized spacial score (nSPS) is 10.3. The smallest absolute Gasteiger partial charge is 0.148 e. The summed E-state index contributed by atoms with van der Waals surface area (Å²) in [5, 5.41) is 0. The van der Waals surface area contributed by atoms with E-state index in [-0.39, 0.29) is 0 Å². The average Bonchev–Trinajstić information content (AvgIpc) is 2.28. The van der Waals surface area contributed by atoms with Crippen molar-refractivity contribution in [3.8, 4) is 0 Å². The maximum atomic E-state index is 5.45. The molecular weight excluding hydrogens is 202 g/mol. The van der Waals surface area contributed by atoms with E-state index in [0.29, 0.717) is 5.82 Å². The number of hydrogen-bond acceptors (Lipinski definition) is 5. The van der Waals surface area contributed by atoms with E-state index < -0.39 is 0 Å². The standard InChI is InChI=1S/C11H21N5/c1-5-7-16(6-2)11-8(3)10(15-12)13-9(4)14-11/h5-7,12H2,1-4H3,(H,13,14,15). The van der Waals surface area contributed by atoms with Crippen molar-refractivity contribution in [1.82, 2.24) is 9.97 Å². The topological polar surface area (TPSA) is 67.1 Å². The van der Waals surface area contributed by atoms with Gasteiger partial charge in [0.05, 0.1) is 0 Å². The van der Waals surface area contributed by atoms with E-state index in [4.69, 9.17) is 5.84 Å². The van der Waals surface area contributed by atoms with Gasteiger partial charge in [-0.15, -0.1) is 0 Å². The summed E-state index contributed by atoms with van der Waals surface area (Å²) in [6, 6.07) is 0. The zero-order valence-corrected chi connectivity index (χ0v) is 10.5. The summed E-state index contributed by atoms with van der Waals surface area (Å²) < 4.78 is 0. The Morgan fingerprint density at radius 2 is 1.94 bits per heavy atom. The van der Waals surface area contributed by atoms with Gasteiger partial charge in [-0.1, -0.05) is 6.92 Å². The Hall–Kier alpha value is -1.36. The summed E-state index contributed by atoms with van der Waals surface area (Å²) in [7, 11) is 0.